The monoisotopic (exact) mass is 365 g/mol. The lowest BCUT2D eigenvalue weighted by Gasteiger charge is -2.27. The summed E-state index contributed by atoms with van der Waals surface area (Å²) in [6.07, 6.45) is 3.61. The first-order valence-corrected chi connectivity index (χ1v) is 9.39. The number of aliphatic imine (C=N–C) groups is 1. The molecule has 7 heteroatoms. The van der Waals surface area contributed by atoms with Crippen molar-refractivity contribution in [1.82, 2.24) is 4.90 Å². The van der Waals surface area contributed by atoms with E-state index in [0.29, 0.717) is 10.7 Å². The van der Waals surface area contributed by atoms with Crippen molar-refractivity contribution in [2.75, 3.05) is 18.4 Å². The highest BCUT2D eigenvalue weighted by Gasteiger charge is 2.33. The van der Waals surface area contributed by atoms with Gasteiger partial charge in [-0.05, 0) is 43.9 Å². The molecule has 0 aromatic heterocycles. The summed E-state index contributed by atoms with van der Waals surface area (Å²) in [5.41, 5.74) is 1.50. The number of hydrogen-bond acceptors (Lipinski definition) is 4. The predicted molar refractivity (Wildman–Crippen MR) is 98.7 cm³/mol. The van der Waals surface area contributed by atoms with Gasteiger partial charge in [0.15, 0.2) is 5.17 Å². The molecule has 1 atom stereocenters. The first-order chi connectivity index (χ1) is 11.5. The van der Waals surface area contributed by atoms with Gasteiger partial charge in [-0.2, -0.15) is 4.99 Å². The van der Waals surface area contributed by atoms with E-state index in [-0.39, 0.29) is 18.2 Å². The van der Waals surface area contributed by atoms with E-state index >= 15 is 0 Å². The molecule has 3 rings (SSSR count). The quantitative estimate of drug-likeness (QED) is 0.891. The molecule has 2 amide bonds. The van der Waals surface area contributed by atoms with E-state index in [0.717, 1.165) is 36.7 Å². The summed E-state index contributed by atoms with van der Waals surface area (Å²) in [5.74, 6) is -0.403. The SMILES string of the molecule is Cc1c(Cl)cccc1NC(=O)C[C@@H]1SC(N2CCCCC2)=NC1=O. The Balaban J connectivity index is 1.57. The number of anilines is 1. The number of thioether (sulfide) groups is 1. The fourth-order valence-electron chi connectivity index (χ4n) is 2.84. The lowest BCUT2D eigenvalue weighted by atomic mass is 10.1. The summed E-state index contributed by atoms with van der Waals surface area (Å²) in [7, 11) is 0. The number of amidine groups is 1. The van der Waals surface area contributed by atoms with Crippen molar-refractivity contribution in [3.05, 3.63) is 28.8 Å². The Morgan fingerprint density at radius 3 is 2.88 bits per heavy atom. The first kappa shape index (κ1) is 17.3. The Labute approximate surface area is 150 Å². The minimum absolute atomic E-state index is 0.121. The second-order valence-corrected chi connectivity index (χ2v) is 7.63. The third-order valence-corrected chi connectivity index (χ3v) is 5.89. The molecule has 0 bridgehead atoms. The van der Waals surface area contributed by atoms with E-state index in [1.54, 1.807) is 18.2 Å². The molecule has 0 saturated carbocycles. The highest BCUT2D eigenvalue weighted by atomic mass is 35.5. The number of rotatable bonds is 3. The van der Waals surface area contributed by atoms with Gasteiger partial charge in [0.25, 0.3) is 5.91 Å². The third-order valence-electron chi connectivity index (χ3n) is 4.27. The van der Waals surface area contributed by atoms with Gasteiger partial charge >= 0.3 is 0 Å². The fourth-order valence-corrected chi connectivity index (χ4v) is 4.13. The van der Waals surface area contributed by atoms with Gasteiger partial charge in [0, 0.05) is 30.2 Å². The Bertz CT molecular complexity index is 686. The van der Waals surface area contributed by atoms with Crippen LogP contribution in [0.1, 0.15) is 31.2 Å². The van der Waals surface area contributed by atoms with E-state index in [2.05, 4.69) is 15.2 Å². The Hall–Kier alpha value is -1.53. The van der Waals surface area contributed by atoms with Crippen molar-refractivity contribution in [1.29, 1.82) is 0 Å². The molecule has 1 fully saturated rings. The standard InChI is InChI=1S/C17H20ClN3O2S/c1-11-12(18)6-5-7-13(11)19-15(22)10-14-16(23)20-17(24-14)21-8-3-2-4-9-21/h5-7,14H,2-4,8-10H2,1H3,(H,19,22)/t14-/m0/s1. The van der Waals surface area contributed by atoms with Crippen LogP contribution in [-0.2, 0) is 9.59 Å². The molecule has 1 aromatic carbocycles. The Morgan fingerprint density at radius 1 is 1.38 bits per heavy atom. The minimum Gasteiger partial charge on any atom is -0.351 e. The van der Waals surface area contributed by atoms with E-state index in [1.165, 1.54) is 18.2 Å². The summed E-state index contributed by atoms with van der Waals surface area (Å²) in [5, 5.41) is 3.79. The van der Waals surface area contributed by atoms with E-state index in [4.69, 9.17) is 11.6 Å². The maximum Gasteiger partial charge on any atom is 0.262 e. The zero-order valence-corrected chi connectivity index (χ0v) is 15.1. The Morgan fingerprint density at radius 2 is 2.12 bits per heavy atom. The van der Waals surface area contributed by atoms with Crippen molar-refractivity contribution >= 4 is 46.0 Å². The molecular formula is C17H20ClN3O2S. The van der Waals surface area contributed by atoms with Crippen LogP contribution < -0.4 is 5.32 Å². The maximum atomic E-state index is 12.3. The number of carbonyl (C=O) groups excluding carboxylic acids is 2. The molecule has 1 N–H and O–H groups in total. The number of carbonyl (C=O) groups is 2. The second kappa shape index (κ2) is 7.57. The summed E-state index contributed by atoms with van der Waals surface area (Å²) in [6.45, 7) is 3.74. The number of halogens is 1. The van der Waals surface area contributed by atoms with Crippen LogP contribution >= 0.6 is 23.4 Å². The average molecular weight is 366 g/mol. The van der Waals surface area contributed by atoms with Crippen LogP contribution in [0.25, 0.3) is 0 Å². The molecule has 1 aromatic rings. The number of likely N-dealkylation sites (tertiary alicyclic amines) is 1. The molecular weight excluding hydrogens is 346 g/mol. The van der Waals surface area contributed by atoms with Gasteiger partial charge in [0.05, 0.1) is 0 Å². The van der Waals surface area contributed by atoms with Gasteiger partial charge in [-0.3, -0.25) is 9.59 Å². The molecule has 0 radical (unpaired) electrons. The smallest absolute Gasteiger partial charge is 0.262 e. The zero-order chi connectivity index (χ0) is 17.1. The second-order valence-electron chi connectivity index (χ2n) is 6.05. The minimum atomic E-state index is -0.429. The maximum absolute atomic E-state index is 12.3. The normalized spacial score (nSPS) is 20.9. The number of piperidine rings is 1. The molecule has 0 aliphatic carbocycles. The largest absolute Gasteiger partial charge is 0.351 e. The van der Waals surface area contributed by atoms with Crippen LogP contribution in [0.5, 0.6) is 0 Å². The molecule has 24 heavy (non-hydrogen) atoms. The average Bonchev–Trinajstić information content (AvgIpc) is 2.93. The lowest BCUT2D eigenvalue weighted by Crippen LogP contribution is -2.33. The molecule has 2 aliphatic heterocycles. The van der Waals surface area contributed by atoms with Gasteiger partial charge in [0.1, 0.15) is 5.25 Å². The number of benzene rings is 1. The summed E-state index contributed by atoms with van der Waals surface area (Å²) >= 11 is 7.47. The topological polar surface area (TPSA) is 61.8 Å². The highest BCUT2D eigenvalue weighted by Crippen LogP contribution is 2.29. The van der Waals surface area contributed by atoms with E-state index in [9.17, 15) is 9.59 Å². The number of nitrogens with zero attached hydrogens (tertiary/aromatic N) is 2. The molecule has 1 saturated heterocycles. The summed E-state index contributed by atoms with van der Waals surface area (Å²) in [4.78, 5) is 30.7. The van der Waals surface area contributed by atoms with Gasteiger partial charge in [0.2, 0.25) is 5.91 Å². The van der Waals surface area contributed by atoms with Crippen LogP contribution in [0.2, 0.25) is 5.02 Å². The van der Waals surface area contributed by atoms with Gasteiger partial charge in [-0.15, -0.1) is 0 Å². The van der Waals surface area contributed by atoms with Crippen molar-refractivity contribution in [3.63, 3.8) is 0 Å². The molecule has 5 nitrogen and oxygen atoms in total. The number of hydrogen-bond donors (Lipinski definition) is 1. The molecule has 128 valence electrons. The Kier molecular flexibility index (Phi) is 5.46. The zero-order valence-electron chi connectivity index (χ0n) is 13.5. The first-order valence-electron chi connectivity index (χ1n) is 8.13. The van der Waals surface area contributed by atoms with Crippen LogP contribution in [-0.4, -0.2) is 40.2 Å². The van der Waals surface area contributed by atoms with Crippen molar-refractivity contribution < 1.29 is 9.59 Å². The predicted octanol–water partition coefficient (Wildman–Crippen LogP) is 3.46. The van der Waals surface area contributed by atoms with E-state index in [1.807, 2.05) is 6.92 Å². The van der Waals surface area contributed by atoms with E-state index < -0.39 is 5.25 Å². The van der Waals surface area contributed by atoms with Crippen LogP contribution in [0.15, 0.2) is 23.2 Å². The van der Waals surface area contributed by atoms with Crippen molar-refractivity contribution in [2.24, 2.45) is 4.99 Å². The van der Waals surface area contributed by atoms with Gasteiger partial charge < -0.3 is 10.2 Å². The van der Waals surface area contributed by atoms with Gasteiger partial charge in [-0.25, -0.2) is 0 Å². The molecule has 0 unspecified atom stereocenters. The van der Waals surface area contributed by atoms with Crippen LogP contribution in [0, 0.1) is 6.92 Å². The molecule has 0 spiro atoms. The fraction of sp³-hybridized carbons (Fsp3) is 0.471. The highest BCUT2D eigenvalue weighted by molar-refractivity contribution is 8.15. The summed E-state index contributed by atoms with van der Waals surface area (Å²) < 4.78 is 0. The molecule has 2 heterocycles. The third kappa shape index (κ3) is 3.92. The van der Waals surface area contributed by atoms with Crippen LogP contribution in [0.4, 0.5) is 5.69 Å². The van der Waals surface area contributed by atoms with Crippen molar-refractivity contribution in [2.45, 2.75) is 37.9 Å². The van der Waals surface area contributed by atoms with Crippen LogP contribution in [0.3, 0.4) is 0 Å². The summed E-state index contributed by atoms with van der Waals surface area (Å²) in [6, 6.07) is 5.37. The molecule has 2 aliphatic rings. The van der Waals surface area contributed by atoms with Gasteiger partial charge in [-0.1, -0.05) is 29.4 Å². The lowest BCUT2D eigenvalue weighted by molar-refractivity contribution is -0.121. The van der Waals surface area contributed by atoms with Crippen molar-refractivity contribution in [3.8, 4) is 0 Å². The number of nitrogens with one attached hydrogen (secondary N) is 1. The number of amides is 2.